The number of hydrogen-bond donors (Lipinski definition) is 1. The number of nitrogens with zero attached hydrogens (tertiary/aromatic N) is 2. The maximum atomic E-state index is 11.8. The largest absolute Gasteiger partial charge is 0.497 e. The number of furan rings is 1. The molecule has 1 aliphatic heterocycles. The van der Waals surface area contributed by atoms with E-state index in [4.69, 9.17) is 30.8 Å². The maximum Gasteiger partial charge on any atom is 0.337 e. The summed E-state index contributed by atoms with van der Waals surface area (Å²) >= 11 is 5.81. The molecular weight excluding hydrogens is 490 g/mol. The van der Waals surface area contributed by atoms with E-state index in [0.29, 0.717) is 33.7 Å². The van der Waals surface area contributed by atoms with Gasteiger partial charge in [0.15, 0.2) is 5.11 Å². The van der Waals surface area contributed by atoms with Crippen LogP contribution in [0.1, 0.15) is 33.9 Å². The van der Waals surface area contributed by atoms with Gasteiger partial charge in [0.25, 0.3) is 0 Å². The molecule has 2 aromatic carbocycles. The van der Waals surface area contributed by atoms with Crippen LogP contribution in [0.5, 0.6) is 11.5 Å². The van der Waals surface area contributed by atoms with Gasteiger partial charge < -0.3 is 28.8 Å². The average molecular weight is 516 g/mol. The van der Waals surface area contributed by atoms with E-state index in [-0.39, 0.29) is 18.1 Å². The van der Waals surface area contributed by atoms with Gasteiger partial charge in [0.1, 0.15) is 29.1 Å². The Morgan fingerprint density at radius 2 is 1.81 bits per heavy atom. The third-order valence-electron chi connectivity index (χ3n) is 6.25. The summed E-state index contributed by atoms with van der Waals surface area (Å²) in [7, 11) is 4.58. The molecule has 188 valence electrons. The molecule has 0 bridgehead atoms. The Balaban J connectivity index is 1.57. The molecule has 1 fully saturated rings. The topological polar surface area (TPSA) is 86.1 Å². The third-order valence-corrected chi connectivity index (χ3v) is 6.57. The molecule has 1 saturated heterocycles. The average Bonchev–Trinajstić information content (AvgIpc) is 3.57. The molecule has 2 atom stereocenters. The fourth-order valence-electron chi connectivity index (χ4n) is 4.44. The molecule has 0 amide bonds. The van der Waals surface area contributed by atoms with E-state index in [2.05, 4.69) is 10.3 Å². The molecule has 0 unspecified atom stereocenters. The minimum Gasteiger partial charge on any atom is -0.497 e. The first kappa shape index (κ1) is 24.3. The van der Waals surface area contributed by atoms with Gasteiger partial charge in [-0.3, -0.25) is 4.98 Å². The highest BCUT2D eigenvalue weighted by Gasteiger charge is 2.43. The van der Waals surface area contributed by atoms with Gasteiger partial charge in [-0.2, -0.15) is 0 Å². The molecule has 2 aromatic heterocycles. The standard InChI is InChI=1S/C28H25N3O5S/c1-33-19-11-12-21(24(16-19)34-2)31-26(25(30-28(31)37)20-6-4-5-15-29-20)23-14-13-22(36-23)17-7-9-18(10-8-17)27(32)35-3/h4-16,25-26H,1-3H3,(H,30,37)/t25-,26-/m0/s1. The number of benzene rings is 2. The number of hydrogen-bond acceptors (Lipinski definition) is 7. The van der Waals surface area contributed by atoms with Gasteiger partial charge in [0.2, 0.25) is 0 Å². The highest BCUT2D eigenvalue weighted by molar-refractivity contribution is 7.80. The first-order chi connectivity index (χ1) is 18.0. The number of thiocarbonyl (C=S) groups is 1. The number of methoxy groups -OCH3 is 3. The zero-order valence-electron chi connectivity index (χ0n) is 20.5. The molecule has 1 N–H and O–H groups in total. The van der Waals surface area contributed by atoms with E-state index in [1.165, 1.54) is 7.11 Å². The predicted molar refractivity (Wildman–Crippen MR) is 143 cm³/mol. The lowest BCUT2D eigenvalue weighted by molar-refractivity contribution is 0.0600. The molecule has 4 aromatic rings. The van der Waals surface area contributed by atoms with Crippen molar-refractivity contribution < 1.29 is 23.4 Å². The lowest BCUT2D eigenvalue weighted by atomic mass is 10.0. The molecule has 1 aliphatic rings. The highest BCUT2D eigenvalue weighted by Crippen LogP contribution is 2.46. The second-order valence-electron chi connectivity index (χ2n) is 8.31. The van der Waals surface area contributed by atoms with E-state index in [9.17, 15) is 4.79 Å². The van der Waals surface area contributed by atoms with Gasteiger partial charge in [0.05, 0.1) is 44.3 Å². The molecule has 3 heterocycles. The van der Waals surface area contributed by atoms with Crippen LogP contribution in [0.15, 0.2) is 83.4 Å². The van der Waals surface area contributed by atoms with Crippen LogP contribution in [0.3, 0.4) is 0 Å². The normalized spacial score (nSPS) is 16.8. The molecule has 5 rings (SSSR count). The van der Waals surface area contributed by atoms with Crippen LogP contribution < -0.4 is 19.7 Å². The number of carbonyl (C=O) groups excluding carboxylic acids is 1. The summed E-state index contributed by atoms with van der Waals surface area (Å²) in [5.41, 5.74) is 2.89. The number of anilines is 1. The lowest BCUT2D eigenvalue weighted by Crippen LogP contribution is -2.29. The van der Waals surface area contributed by atoms with E-state index in [1.807, 2.05) is 65.6 Å². The molecule has 0 saturated carbocycles. The van der Waals surface area contributed by atoms with Gasteiger partial charge in [-0.15, -0.1) is 0 Å². The lowest BCUT2D eigenvalue weighted by Gasteiger charge is -2.27. The van der Waals surface area contributed by atoms with Crippen molar-refractivity contribution in [3.8, 4) is 22.8 Å². The van der Waals surface area contributed by atoms with Crippen LogP contribution in [-0.4, -0.2) is 37.4 Å². The minimum atomic E-state index is -0.389. The minimum absolute atomic E-state index is 0.277. The number of aromatic nitrogens is 1. The van der Waals surface area contributed by atoms with Crippen molar-refractivity contribution in [3.63, 3.8) is 0 Å². The molecular formula is C28H25N3O5S. The van der Waals surface area contributed by atoms with Crippen LogP contribution in [0, 0.1) is 0 Å². The van der Waals surface area contributed by atoms with Crippen molar-refractivity contribution in [2.45, 2.75) is 12.1 Å². The summed E-state index contributed by atoms with van der Waals surface area (Å²) in [5.74, 6) is 2.24. The van der Waals surface area contributed by atoms with Crippen molar-refractivity contribution in [3.05, 3.63) is 96.0 Å². The first-order valence-electron chi connectivity index (χ1n) is 11.5. The summed E-state index contributed by atoms with van der Waals surface area (Å²) in [4.78, 5) is 18.4. The van der Waals surface area contributed by atoms with Gasteiger partial charge in [-0.05, 0) is 60.7 Å². The molecule has 37 heavy (non-hydrogen) atoms. The fraction of sp³-hybridized carbons (Fsp3) is 0.179. The Bertz CT molecular complexity index is 1420. The Hall–Kier alpha value is -4.37. The van der Waals surface area contributed by atoms with E-state index in [1.54, 1.807) is 32.5 Å². The number of esters is 1. The number of nitrogens with one attached hydrogen (secondary N) is 1. The Morgan fingerprint density at radius 1 is 1.00 bits per heavy atom. The van der Waals surface area contributed by atoms with Gasteiger partial charge in [-0.25, -0.2) is 4.79 Å². The molecule has 9 heteroatoms. The Morgan fingerprint density at radius 3 is 2.49 bits per heavy atom. The van der Waals surface area contributed by atoms with E-state index < -0.39 is 0 Å². The van der Waals surface area contributed by atoms with Crippen LogP contribution in [-0.2, 0) is 4.74 Å². The van der Waals surface area contributed by atoms with Crippen molar-refractivity contribution >= 4 is 29.0 Å². The highest BCUT2D eigenvalue weighted by atomic mass is 32.1. The first-order valence-corrected chi connectivity index (χ1v) is 12.0. The Labute approximate surface area is 219 Å². The summed E-state index contributed by atoms with van der Waals surface area (Å²) in [6.45, 7) is 0. The maximum absolute atomic E-state index is 11.8. The second kappa shape index (κ2) is 10.3. The van der Waals surface area contributed by atoms with E-state index in [0.717, 1.165) is 16.9 Å². The van der Waals surface area contributed by atoms with Crippen molar-refractivity contribution in [1.82, 2.24) is 10.3 Å². The smallest absolute Gasteiger partial charge is 0.337 e. The van der Waals surface area contributed by atoms with E-state index >= 15 is 0 Å². The zero-order valence-corrected chi connectivity index (χ0v) is 21.3. The van der Waals surface area contributed by atoms with Crippen molar-refractivity contribution in [2.75, 3.05) is 26.2 Å². The quantitative estimate of drug-likeness (QED) is 0.259. The monoisotopic (exact) mass is 515 g/mol. The van der Waals surface area contributed by atoms with Crippen molar-refractivity contribution in [1.29, 1.82) is 0 Å². The molecule has 0 radical (unpaired) electrons. The summed E-state index contributed by atoms with van der Waals surface area (Å²) in [6.07, 6.45) is 1.75. The van der Waals surface area contributed by atoms with Crippen molar-refractivity contribution in [2.24, 2.45) is 0 Å². The fourth-order valence-corrected chi connectivity index (χ4v) is 4.78. The Kier molecular flexibility index (Phi) is 6.78. The van der Waals surface area contributed by atoms with Crippen LogP contribution in [0.2, 0.25) is 0 Å². The van der Waals surface area contributed by atoms with Gasteiger partial charge in [0, 0.05) is 17.8 Å². The van der Waals surface area contributed by atoms with Gasteiger partial charge in [-0.1, -0.05) is 18.2 Å². The number of ether oxygens (including phenoxy) is 3. The number of carbonyl (C=O) groups is 1. The summed E-state index contributed by atoms with van der Waals surface area (Å²) < 4.78 is 22.3. The number of rotatable bonds is 7. The predicted octanol–water partition coefficient (Wildman–Crippen LogP) is 5.32. The van der Waals surface area contributed by atoms with Crippen LogP contribution >= 0.6 is 12.2 Å². The molecule has 0 aliphatic carbocycles. The number of pyridine rings is 1. The summed E-state index contributed by atoms with van der Waals surface area (Å²) in [6, 6.07) is 21.6. The second-order valence-corrected chi connectivity index (χ2v) is 8.69. The van der Waals surface area contributed by atoms with Crippen LogP contribution in [0.25, 0.3) is 11.3 Å². The van der Waals surface area contributed by atoms with Crippen LogP contribution in [0.4, 0.5) is 5.69 Å². The SMILES string of the molecule is COC(=O)c1ccc(-c2ccc([C@H]3[C@H](c4ccccn4)NC(=S)N3c3ccc(OC)cc3OC)o2)cc1. The summed E-state index contributed by atoms with van der Waals surface area (Å²) in [5, 5.41) is 3.94. The molecule has 8 nitrogen and oxygen atoms in total. The third kappa shape index (κ3) is 4.61. The zero-order chi connectivity index (χ0) is 25.9. The van der Waals surface area contributed by atoms with Gasteiger partial charge >= 0.3 is 5.97 Å². The molecule has 0 spiro atoms.